The SMILES string of the molecule is C1COCCN1.CC(C)(C)OC(=O)N[C@@H](Cc1ccccc1)C(=O)O. The van der Waals surface area contributed by atoms with Crippen molar-refractivity contribution in [3.05, 3.63) is 35.9 Å². The monoisotopic (exact) mass is 352 g/mol. The maximum Gasteiger partial charge on any atom is 0.408 e. The number of hydrogen-bond acceptors (Lipinski definition) is 5. The number of hydrogen-bond donors (Lipinski definition) is 3. The Kier molecular flexibility index (Phi) is 8.94. The van der Waals surface area contributed by atoms with Crippen molar-refractivity contribution in [3.8, 4) is 0 Å². The lowest BCUT2D eigenvalue weighted by atomic mass is 10.1. The quantitative estimate of drug-likeness (QED) is 0.765. The molecular weight excluding hydrogens is 324 g/mol. The summed E-state index contributed by atoms with van der Waals surface area (Å²) in [5, 5.41) is 14.6. The number of carboxylic acid groups (broad SMARTS) is 1. The van der Waals surface area contributed by atoms with Crippen LogP contribution in [0.5, 0.6) is 0 Å². The lowest BCUT2D eigenvalue weighted by molar-refractivity contribution is -0.139. The molecule has 140 valence electrons. The minimum atomic E-state index is -1.09. The van der Waals surface area contributed by atoms with Crippen LogP contribution in [0.3, 0.4) is 0 Å². The van der Waals surface area contributed by atoms with E-state index in [1.807, 2.05) is 30.3 Å². The van der Waals surface area contributed by atoms with Gasteiger partial charge in [-0.15, -0.1) is 0 Å². The van der Waals surface area contributed by atoms with Crippen molar-refractivity contribution < 1.29 is 24.2 Å². The minimum Gasteiger partial charge on any atom is -0.480 e. The zero-order chi connectivity index (χ0) is 18.7. The van der Waals surface area contributed by atoms with E-state index in [1.165, 1.54) is 0 Å². The highest BCUT2D eigenvalue weighted by molar-refractivity contribution is 5.80. The first-order chi connectivity index (χ1) is 11.8. The second-order valence-corrected chi connectivity index (χ2v) is 6.59. The van der Waals surface area contributed by atoms with E-state index < -0.39 is 23.7 Å². The molecule has 7 heteroatoms. The Labute approximate surface area is 148 Å². The molecule has 1 aromatic carbocycles. The normalized spacial score (nSPS) is 15.3. The molecule has 1 fully saturated rings. The van der Waals surface area contributed by atoms with Gasteiger partial charge in [0.2, 0.25) is 0 Å². The molecule has 1 aliphatic heterocycles. The van der Waals surface area contributed by atoms with Gasteiger partial charge < -0.3 is 25.2 Å². The number of ether oxygens (including phenoxy) is 2. The first kappa shape index (κ1) is 20.9. The number of nitrogens with one attached hydrogen (secondary N) is 2. The van der Waals surface area contributed by atoms with Crippen molar-refractivity contribution in [2.45, 2.75) is 38.8 Å². The van der Waals surface area contributed by atoms with E-state index in [0.717, 1.165) is 31.9 Å². The first-order valence-corrected chi connectivity index (χ1v) is 8.32. The highest BCUT2D eigenvalue weighted by Gasteiger charge is 2.24. The van der Waals surface area contributed by atoms with Crippen LogP contribution in [0.25, 0.3) is 0 Å². The average molecular weight is 352 g/mol. The number of benzene rings is 1. The maximum atomic E-state index is 11.6. The molecule has 0 radical (unpaired) electrons. The molecule has 1 atom stereocenters. The van der Waals surface area contributed by atoms with E-state index in [1.54, 1.807) is 20.8 Å². The highest BCUT2D eigenvalue weighted by atomic mass is 16.6. The van der Waals surface area contributed by atoms with Crippen molar-refractivity contribution in [2.75, 3.05) is 26.3 Å². The molecule has 1 heterocycles. The van der Waals surface area contributed by atoms with Crippen LogP contribution in [-0.4, -0.2) is 55.1 Å². The number of amides is 1. The van der Waals surface area contributed by atoms with Gasteiger partial charge in [-0.2, -0.15) is 0 Å². The van der Waals surface area contributed by atoms with Crippen LogP contribution in [0, 0.1) is 0 Å². The Morgan fingerprint density at radius 1 is 1.24 bits per heavy atom. The Hall–Kier alpha value is -2.12. The maximum absolute atomic E-state index is 11.6. The number of aliphatic carboxylic acids is 1. The molecule has 1 amide bonds. The predicted molar refractivity (Wildman–Crippen MR) is 94.6 cm³/mol. The van der Waals surface area contributed by atoms with Crippen LogP contribution in [0.4, 0.5) is 4.79 Å². The fraction of sp³-hybridized carbons (Fsp3) is 0.556. The van der Waals surface area contributed by atoms with E-state index in [4.69, 9.17) is 14.6 Å². The molecule has 1 saturated heterocycles. The number of morpholine rings is 1. The molecule has 0 saturated carbocycles. The van der Waals surface area contributed by atoms with Crippen molar-refractivity contribution in [1.82, 2.24) is 10.6 Å². The summed E-state index contributed by atoms with van der Waals surface area (Å²) in [6.07, 6.45) is -0.508. The van der Waals surface area contributed by atoms with Crippen LogP contribution in [0.2, 0.25) is 0 Å². The smallest absolute Gasteiger partial charge is 0.408 e. The van der Waals surface area contributed by atoms with Crippen LogP contribution in [-0.2, 0) is 20.7 Å². The summed E-state index contributed by atoms with van der Waals surface area (Å²) in [7, 11) is 0. The van der Waals surface area contributed by atoms with Gasteiger partial charge in [-0.25, -0.2) is 9.59 Å². The van der Waals surface area contributed by atoms with Gasteiger partial charge in [0.15, 0.2) is 0 Å². The molecule has 1 aromatic rings. The van der Waals surface area contributed by atoms with Gasteiger partial charge >= 0.3 is 12.1 Å². The van der Waals surface area contributed by atoms with Gasteiger partial charge in [0, 0.05) is 19.5 Å². The molecule has 0 aromatic heterocycles. The Balaban J connectivity index is 0.000000435. The topological polar surface area (TPSA) is 96.9 Å². The Morgan fingerprint density at radius 2 is 1.84 bits per heavy atom. The summed E-state index contributed by atoms with van der Waals surface area (Å²) in [6, 6.07) is 8.11. The summed E-state index contributed by atoms with van der Waals surface area (Å²) in [5.74, 6) is -1.09. The third-order valence-corrected chi connectivity index (χ3v) is 3.12. The van der Waals surface area contributed by atoms with Crippen molar-refractivity contribution in [1.29, 1.82) is 0 Å². The van der Waals surface area contributed by atoms with E-state index in [2.05, 4.69) is 10.6 Å². The van der Waals surface area contributed by atoms with E-state index in [0.29, 0.717) is 0 Å². The third-order valence-electron chi connectivity index (χ3n) is 3.12. The first-order valence-electron chi connectivity index (χ1n) is 8.32. The molecular formula is C18H28N2O5. The number of alkyl carbamates (subject to hydrolysis) is 1. The summed E-state index contributed by atoms with van der Waals surface area (Å²) < 4.78 is 10.0. The van der Waals surface area contributed by atoms with Gasteiger partial charge in [0.25, 0.3) is 0 Å². The molecule has 0 spiro atoms. The van der Waals surface area contributed by atoms with Crippen LogP contribution in [0.1, 0.15) is 26.3 Å². The van der Waals surface area contributed by atoms with Crippen LogP contribution < -0.4 is 10.6 Å². The van der Waals surface area contributed by atoms with Crippen LogP contribution >= 0.6 is 0 Å². The zero-order valence-corrected chi connectivity index (χ0v) is 15.1. The van der Waals surface area contributed by atoms with Crippen molar-refractivity contribution >= 4 is 12.1 Å². The summed E-state index contributed by atoms with van der Waals surface area (Å²) in [6.45, 7) is 9.00. The number of carboxylic acids is 1. The Morgan fingerprint density at radius 3 is 2.24 bits per heavy atom. The largest absolute Gasteiger partial charge is 0.480 e. The summed E-state index contributed by atoms with van der Waals surface area (Å²) in [5.41, 5.74) is 0.186. The second-order valence-electron chi connectivity index (χ2n) is 6.59. The van der Waals surface area contributed by atoms with Gasteiger partial charge in [-0.05, 0) is 26.3 Å². The van der Waals surface area contributed by atoms with Crippen molar-refractivity contribution in [2.24, 2.45) is 0 Å². The summed E-state index contributed by atoms with van der Waals surface area (Å²) >= 11 is 0. The fourth-order valence-electron chi connectivity index (χ4n) is 2.02. The predicted octanol–water partition coefficient (Wildman–Crippen LogP) is 1.81. The van der Waals surface area contributed by atoms with Gasteiger partial charge in [0.1, 0.15) is 11.6 Å². The van der Waals surface area contributed by atoms with Gasteiger partial charge in [-0.1, -0.05) is 30.3 Å². The molecule has 0 aliphatic carbocycles. The zero-order valence-electron chi connectivity index (χ0n) is 15.1. The van der Waals surface area contributed by atoms with Crippen LogP contribution in [0.15, 0.2) is 30.3 Å². The molecule has 0 unspecified atom stereocenters. The molecule has 3 N–H and O–H groups in total. The lowest BCUT2D eigenvalue weighted by Crippen LogP contribution is -2.44. The van der Waals surface area contributed by atoms with Gasteiger partial charge in [-0.3, -0.25) is 0 Å². The lowest BCUT2D eigenvalue weighted by Gasteiger charge is -2.22. The minimum absolute atomic E-state index is 0.218. The van der Waals surface area contributed by atoms with Gasteiger partial charge in [0.05, 0.1) is 13.2 Å². The average Bonchev–Trinajstić information content (AvgIpc) is 2.55. The molecule has 1 aliphatic rings. The van der Waals surface area contributed by atoms with E-state index in [-0.39, 0.29) is 6.42 Å². The second kappa shape index (κ2) is 10.7. The molecule has 2 rings (SSSR count). The summed E-state index contributed by atoms with van der Waals surface area (Å²) in [4.78, 5) is 22.7. The molecule has 25 heavy (non-hydrogen) atoms. The highest BCUT2D eigenvalue weighted by Crippen LogP contribution is 2.08. The molecule has 7 nitrogen and oxygen atoms in total. The fourth-order valence-corrected chi connectivity index (χ4v) is 2.02. The van der Waals surface area contributed by atoms with E-state index in [9.17, 15) is 9.59 Å². The third kappa shape index (κ3) is 10.4. The number of carbonyl (C=O) groups excluding carboxylic acids is 1. The number of carbonyl (C=O) groups is 2. The van der Waals surface area contributed by atoms with Crippen molar-refractivity contribution in [3.63, 3.8) is 0 Å². The Bertz CT molecular complexity index is 513. The molecule has 0 bridgehead atoms. The standard InChI is InChI=1S/C14H19NO4.C4H9NO/c1-14(2,3)19-13(18)15-11(12(16)17)9-10-7-5-4-6-8-10;1-3-6-4-2-5-1/h4-8,11H,9H2,1-3H3,(H,15,18)(H,16,17);5H,1-4H2/t11-;/m0./s1. The number of rotatable bonds is 4. The van der Waals surface area contributed by atoms with E-state index >= 15 is 0 Å².